The number of benzene rings is 3. The number of piperidine rings is 1. The molecule has 1 aliphatic heterocycles. The number of amides is 3. The fourth-order valence-corrected chi connectivity index (χ4v) is 5.16. The highest BCUT2D eigenvalue weighted by Gasteiger charge is 2.38. The normalized spacial score (nSPS) is 17.6. The maximum Gasteiger partial charge on any atom is 0.416 e. The minimum absolute atomic E-state index is 0.0349. The summed E-state index contributed by atoms with van der Waals surface area (Å²) in [4.78, 5) is 28.9. The Balaban J connectivity index is 1.59. The first-order valence-electron chi connectivity index (χ1n) is 13.1. The molecular formula is C30H28F7N3O2. The first-order valence-corrected chi connectivity index (χ1v) is 13.1. The molecule has 1 aliphatic rings. The van der Waals surface area contributed by atoms with Crippen LogP contribution < -0.4 is 5.32 Å². The first-order chi connectivity index (χ1) is 19.6. The molecule has 3 aromatic rings. The number of likely N-dealkylation sites (tertiary alicyclic amines) is 1. The van der Waals surface area contributed by atoms with Gasteiger partial charge in [-0.3, -0.25) is 4.79 Å². The minimum Gasteiger partial charge on any atom is -0.349 e. The van der Waals surface area contributed by atoms with Crippen LogP contribution in [0.1, 0.15) is 57.1 Å². The Hall–Kier alpha value is -4.09. The number of halogens is 7. The molecule has 0 aromatic heterocycles. The van der Waals surface area contributed by atoms with Crippen molar-refractivity contribution in [2.75, 3.05) is 13.6 Å². The lowest BCUT2D eigenvalue weighted by Crippen LogP contribution is -2.51. The fourth-order valence-electron chi connectivity index (χ4n) is 5.16. The number of nitrogens with zero attached hydrogens (tertiary/aromatic N) is 2. The lowest BCUT2D eigenvalue weighted by molar-refractivity contribution is -0.143. The van der Waals surface area contributed by atoms with E-state index in [2.05, 4.69) is 5.32 Å². The molecule has 0 spiro atoms. The zero-order valence-corrected chi connectivity index (χ0v) is 22.7. The van der Waals surface area contributed by atoms with Crippen LogP contribution in [-0.4, -0.2) is 41.4 Å². The van der Waals surface area contributed by atoms with Gasteiger partial charge in [-0.1, -0.05) is 24.3 Å². The summed E-state index contributed by atoms with van der Waals surface area (Å²) in [6.45, 7) is 1.27. The van der Waals surface area contributed by atoms with Crippen molar-refractivity contribution >= 4 is 11.9 Å². The number of alkyl halides is 6. The van der Waals surface area contributed by atoms with Crippen LogP contribution in [0.4, 0.5) is 35.5 Å². The van der Waals surface area contributed by atoms with E-state index in [1.54, 1.807) is 37.3 Å². The van der Waals surface area contributed by atoms with Crippen molar-refractivity contribution in [2.24, 2.45) is 0 Å². The number of nitrogens with one attached hydrogen (secondary N) is 1. The van der Waals surface area contributed by atoms with Gasteiger partial charge < -0.3 is 15.1 Å². The number of hydrogen-bond donors (Lipinski definition) is 1. The summed E-state index contributed by atoms with van der Waals surface area (Å²) in [5.41, 5.74) is -1.68. The lowest BCUT2D eigenvalue weighted by atomic mass is 9.89. The molecule has 224 valence electrons. The Morgan fingerprint density at radius 3 is 2.12 bits per heavy atom. The fraction of sp³-hybridized carbons (Fsp3) is 0.333. The molecule has 5 nitrogen and oxygen atoms in total. The molecular weight excluding hydrogens is 567 g/mol. The highest BCUT2D eigenvalue weighted by Crippen LogP contribution is 2.37. The molecule has 0 saturated carbocycles. The Bertz CT molecular complexity index is 1410. The Labute approximate surface area is 237 Å². The molecule has 3 aromatic carbocycles. The van der Waals surface area contributed by atoms with E-state index in [1.807, 2.05) is 0 Å². The van der Waals surface area contributed by atoms with E-state index >= 15 is 0 Å². The van der Waals surface area contributed by atoms with Gasteiger partial charge in [0.15, 0.2) is 0 Å². The quantitative estimate of drug-likeness (QED) is 0.314. The summed E-state index contributed by atoms with van der Waals surface area (Å²) >= 11 is 0. The monoisotopic (exact) mass is 595 g/mol. The van der Waals surface area contributed by atoms with Crippen molar-refractivity contribution in [3.63, 3.8) is 0 Å². The van der Waals surface area contributed by atoms with Gasteiger partial charge in [0.25, 0.3) is 5.91 Å². The zero-order chi connectivity index (χ0) is 30.8. The van der Waals surface area contributed by atoms with Gasteiger partial charge in [-0.25, -0.2) is 9.18 Å². The number of carbonyl (C=O) groups is 2. The molecule has 3 amide bonds. The molecule has 0 aliphatic carbocycles. The van der Waals surface area contributed by atoms with Crippen LogP contribution in [0.3, 0.4) is 0 Å². The minimum atomic E-state index is -5.02. The summed E-state index contributed by atoms with van der Waals surface area (Å²) in [7, 11) is 1.29. The van der Waals surface area contributed by atoms with Gasteiger partial charge in [0, 0.05) is 31.7 Å². The van der Waals surface area contributed by atoms with Crippen LogP contribution in [0.5, 0.6) is 0 Å². The Morgan fingerprint density at radius 2 is 1.55 bits per heavy atom. The highest BCUT2D eigenvalue weighted by atomic mass is 19.4. The first kappa shape index (κ1) is 30.9. The van der Waals surface area contributed by atoms with E-state index in [-0.39, 0.29) is 36.5 Å². The summed E-state index contributed by atoms with van der Waals surface area (Å²) in [5, 5.41) is 2.96. The van der Waals surface area contributed by atoms with Crippen molar-refractivity contribution in [1.82, 2.24) is 15.1 Å². The van der Waals surface area contributed by atoms with Gasteiger partial charge in [0.05, 0.1) is 17.2 Å². The summed E-state index contributed by atoms with van der Waals surface area (Å²) in [6.07, 6.45) is -9.44. The molecule has 0 bridgehead atoms. The predicted molar refractivity (Wildman–Crippen MR) is 141 cm³/mol. The molecule has 1 heterocycles. The number of urea groups is 1. The summed E-state index contributed by atoms with van der Waals surface area (Å²) in [6, 6.07) is 12.2. The van der Waals surface area contributed by atoms with Crippen molar-refractivity contribution in [2.45, 2.75) is 50.7 Å². The van der Waals surface area contributed by atoms with E-state index in [0.717, 1.165) is 4.90 Å². The molecule has 0 unspecified atom stereocenters. The van der Waals surface area contributed by atoms with Crippen molar-refractivity contribution < 1.29 is 40.3 Å². The van der Waals surface area contributed by atoms with E-state index in [1.165, 1.54) is 30.1 Å². The Kier molecular flexibility index (Phi) is 8.84. The van der Waals surface area contributed by atoms with E-state index < -0.39 is 47.9 Å². The molecule has 42 heavy (non-hydrogen) atoms. The number of carbonyl (C=O) groups excluding carboxylic acids is 2. The second-order valence-corrected chi connectivity index (χ2v) is 10.3. The van der Waals surface area contributed by atoms with Crippen LogP contribution in [0, 0.1) is 12.7 Å². The van der Waals surface area contributed by atoms with Crippen LogP contribution in [-0.2, 0) is 18.9 Å². The smallest absolute Gasteiger partial charge is 0.349 e. The SMILES string of the molecule is Cc1cc(F)ccc1[C@@H]1C[C@H](NC(=O)c2ccccc2)CCN1C(=O)N(C)Cc1cc(C(F)(F)F)cc(C(F)(F)F)c1. The topological polar surface area (TPSA) is 52.7 Å². The van der Waals surface area contributed by atoms with Crippen molar-refractivity contribution in [3.05, 3.63) is 106 Å². The maximum absolute atomic E-state index is 13.9. The largest absolute Gasteiger partial charge is 0.416 e. The molecule has 4 rings (SSSR count). The molecule has 1 saturated heterocycles. The molecule has 1 N–H and O–H groups in total. The zero-order valence-electron chi connectivity index (χ0n) is 22.7. The predicted octanol–water partition coefficient (Wildman–Crippen LogP) is 7.36. The standard InChI is InChI=1S/C30H28F7N3O2/c1-18-12-23(31)8-9-25(18)26-16-24(38-27(41)20-6-4-3-5-7-20)10-11-40(26)28(42)39(2)17-19-13-21(29(32,33)34)15-22(14-19)30(35,36)37/h3-9,12-15,24,26H,10-11,16-17H2,1-2H3,(H,38,41)/t24-,26+/m1/s1. The average Bonchev–Trinajstić information content (AvgIpc) is 2.92. The maximum atomic E-state index is 13.9. The average molecular weight is 596 g/mol. The van der Waals surface area contributed by atoms with Crippen LogP contribution in [0.2, 0.25) is 0 Å². The Morgan fingerprint density at radius 1 is 0.929 bits per heavy atom. The van der Waals surface area contributed by atoms with E-state index in [4.69, 9.17) is 0 Å². The second-order valence-electron chi connectivity index (χ2n) is 10.3. The van der Waals surface area contributed by atoms with E-state index in [9.17, 15) is 40.3 Å². The van der Waals surface area contributed by atoms with Gasteiger partial charge in [0.1, 0.15) is 5.82 Å². The van der Waals surface area contributed by atoms with Crippen LogP contribution in [0.15, 0.2) is 66.7 Å². The van der Waals surface area contributed by atoms with E-state index in [0.29, 0.717) is 35.2 Å². The van der Waals surface area contributed by atoms with Crippen molar-refractivity contribution in [3.8, 4) is 0 Å². The number of rotatable bonds is 5. The number of aryl methyl sites for hydroxylation is 1. The highest BCUT2D eigenvalue weighted by molar-refractivity contribution is 5.94. The third-order valence-electron chi connectivity index (χ3n) is 7.20. The van der Waals surface area contributed by atoms with Gasteiger partial charge in [0.2, 0.25) is 0 Å². The summed E-state index contributed by atoms with van der Waals surface area (Å²) < 4.78 is 94.0. The molecule has 2 atom stereocenters. The van der Waals surface area contributed by atoms with Crippen LogP contribution in [0.25, 0.3) is 0 Å². The third-order valence-corrected chi connectivity index (χ3v) is 7.20. The van der Waals surface area contributed by atoms with Gasteiger partial charge in [-0.05, 0) is 78.9 Å². The molecule has 12 heteroatoms. The summed E-state index contributed by atoms with van der Waals surface area (Å²) in [5.74, 6) is -0.793. The van der Waals surface area contributed by atoms with Crippen molar-refractivity contribution in [1.29, 1.82) is 0 Å². The van der Waals surface area contributed by atoms with Crippen LogP contribution >= 0.6 is 0 Å². The second kappa shape index (κ2) is 12.0. The lowest BCUT2D eigenvalue weighted by Gasteiger charge is -2.42. The molecule has 0 radical (unpaired) electrons. The van der Waals surface area contributed by atoms with Gasteiger partial charge in [-0.15, -0.1) is 0 Å². The molecule has 1 fully saturated rings. The third kappa shape index (κ3) is 7.21. The van der Waals surface area contributed by atoms with Gasteiger partial charge in [-0.2, -0.15) is 26.3 Å². The number of hydrogen-bond acceptors (Lipinski definition) is 2. The van der Waals surface area contributed by atoms with Gasteiger partial charge >= 0.3 is 18.4 Å².